The van der Waals surface area contributed by atoms with Crippen LogP contribution in [0.15, 0.2) is 18.5 Å². The molecule has 4 nitrogen and oxygen atoms in total. The number of aromatic nitrogens is 2. The molecule has 0 atom stereocenters. The Morgan fingerprint density at radius 1 is 1.33 bits per heavy atom. The van der Waals surface area contributed by atoms with Crippen LogP contribution in [0.1, 0.15) is 21.5 Å². The lowest BCUT2D eigenvalue weighted by Crippen LogP contribution is -2.11. The van der Waals surface area contributed by atoms with Gasteiger partial charge in [-0.3, -0.25) is 4.79 Å². The summed E-state index contributed by atoms with van der Waals surface area (Å²) in [5.41, 5.74) is 0.234. The highest BCUT2D eigenvalue weighted by atomic mass is 35.5. The van der Waals surface area contributed by atoms with Gasteiger partial charge < -0.3 is 5.32 Å². The van der Waals surface area contributed by atoms with Crippen molar-refractivity contribution in [3.8, 4) is 0 Å². The highest BCUT2D eigenvalue weighted by Crippen LogP contribution is 2.27. The minimum atomic E-state index is -0.265. The lowest BCUT2D eigenvalue weighted by Gasteiger charge is -2.05. The van der Waals surface area contributed by atoms with Gasteiger partial charge in [0.05, 0.1) is 4.88 Å². The molecule has 0 saturated carbocycles. The summed E-state index contributed by atoms with van der Waals surface area (Å²) in [5.74, 6) is -0.265. The number of rotatable bonds is 3. The van der Waals surface area contributed by atoms with Crippen molar-refractivity contribution in [1.29, 1.82) is 0 Å². The van der Waals surface area contributed by atoms with Crippen LogP contribution in [0.3, 0.4) is 0 Å². The maximum Gasteiger partial charge on any atom is 0.265 e. The topological polar surface area (TPSA) is 54.9 Å². The Bertz CT molecular complexity index is 565. The minimum Gasteiger partial charge on any atom is -0.316 e. The fourth-order valence-electron chi connectivity index (χ4n) is 1.31. The van der Waals surface area contributed by atoms with Crippen LogP contribution in [0.5, 0.6) is 0 Å². The maximum absolute atomic E-state index is 12.0. The second-order valence-corrected chi connectivity index (χ2v) is 5.29. The lowest BCUT2D eigenvalue weighted by atomic mass is 10.3. The van der Waals surface area contributed by atoms with Gasteiger partial charge >= 0.3 is 0 Å². The van der Waals surface area contributed by atoms with Gasteiger partial charge in [0.25, 0.3) is 5.91 Å². The number of thiophene rings is 1. The molecule has 94 valence electrons. The number of aryl methyl sites for hydroxylation is 1. The summed E-state index contributed by atoms with van der Waals surface area (Å²) in [7, 11) is 0. The maximum atomic E-state index is 12.0. The Hall–Kier alpha value is -1.17. The van der Waals surface area contributed by atoms with E-state index in [-0.39, 0.29) is 21.9 Å². The van der Waals surface area contributed by atoms with Gasteiger partial charge in [-0.05, 0) is 18.6 Å². The van der Waals surface area contributed by atoms with Crippen LogP contribution in [0.4, 0.5) is 5.69 Å². The van der Waals surface area contributed by atoms with Crippen LogP contribution in [0, 0.1) is 0 Å². The van der Waals surface area contributed by atoms with E-state index in [2.05, 4.69) is 15.3 Å². The molecular formula is C11H9Cl2N3OS. The van der Waals surface area contributed by atoms with Crippen molar-refractivity contribution in [2.45, 2.75) is 13.3 Å². The van der Waals surface area contributed by atoms with Gasteiger partial charge in [-0.2, -0.15) is 0 Å². The molecule has 0 radical (unpaired) electrons. The summed E-state index contributed by atoms with van der Waals surface area (Å²) in [4.78, 5) is 21.2. The Morgan fingerprint density at radius 3 is 2.56 bits per heavy atom. The van der Waals surface area contributed by atoms with Crippen LogP contribution in [-0.2, 0) is 6.42 Å². The first-order valence-corrected chi connectivity index (χ1v) is 6.75. The Morgan fingerprint density at radius 2 is 2.00 bits per heavy atom. The highest BCUT2D eigenvalue weighted by molar-refractivity contribution is 7.14. The van der Waals surface area contributed by atoms with Crippen LogP contribution in [0.2, 0.25) is 10.3 Å². The number of hydrogen-bond acceptors (Lipinski definition) is 4. The number of halogens is 2. The van der Waals surface area contributed by atoms with E-state index < -0.39 is 0 Å². The van der Waals surface area contributed by atoms with Gasteiger partial charge in [0, 0.05) is 4.88 Å². The molecule has 18 heavy (non-hydrogen) atoms. The molecule has 0 fully saturated rings. The van der Waals surface area contributed by atoms with Crippen LogP contribution < -0.4 is 5.32 Å². The SMILES string of the molecule is CCc1ccc(C(=O)Nc2c(Cl)ncnc2Cl)s1. The zero-order valence-electron chi connectivity index (χ0n) is 9.41. The summed E-state index contributed by atoms with van der Waals surface area (Å²) in [6.07, 6.45) is 2.13. The van der Waals surface area contributed by atoms with Gasteiger partial charge in [0.1, 0.15) is 12.0 Å². The molecule has 2 heterocycles. The van der Waals surface area contributed by atoms with Crippen LogP contribution in [-0.4, -0.2) is 15.9 Å². The van der Waals surface area contributed by atoms with Crippen molar-refractivity contribution in [2.75, 3.05) is 5.32 Å². The molecule has 1 N–H and O–H groups in total. The third-order valence-corrected chi connectivity index (χ3v) is 4.03. The number of amides is 1. The Kier molecular flexibility index (Phi) is 4.16. The van der Waals surface area contributed by atoms with Gasteiger partial charge in [-0.1, -0.05) is 30.1 Å². The van der Waals surface area contributed by atoms with E-state index in [0.717, 1.165) is 11.3 Å². The number of carbonyl (C=O) groups is 1. The Balaban J connectivity index is 2.21. The van der Waals surface area contributed by atoms with Crippen molar-refractivity contribution < 1.29 is 4.79 Å². The quantitative estimate of drug-likeness (QED) is 0.880. The molecule has 0 spiro atoms. The molecule has 0 unspecified atom stereocenters. The smallest absolute Gasteiger partial charge is 0.265 e. The van der Waals surface area contributed by atoms with E-state index in [9.17, 15) is 4.79 Å². The zero-order valence-corrected chi connectivity index (χ0v) is 11.7. The number of nitrogens with one attached hydrogen (secondary N) is 1. The molecule has 0 bridgehead atoms. The minimum absolute atomic E-state index is 0.121. The molecule has 2 aromatic heterocycles. The molecule has 0 aliphatic rings. The van der Waals surface area contributed by atoms with Crippen molar-refractivity contribution in [2.24, 2.45) is 0 Å². The first kappa shape index (κ1) is 13.3. The molecular weight excluding hydrogens is 293 g/mol. The fraction of sp³-hybridized carbons (Fsp3) is 0.182. The molecule has 7 heteroatoms. The predicted octanol–water partition coefficient (Wildman–Crippen LogP) is 3.66. The summed E-state index contributed by atoms with van der Waals surface area (Å²) in [5, 5.41) is 2.86. The second kappa shape index (κ2) is 5.65. The van der Waals surface area contributed by atoms with Crippen molar-refractivity contribution in [3.63, 3.8) is 0 Å². The number of hydrogen-bond donors (Lipinski definition) is 1. The molecule has 0 aliphatic carbocycles. The molecule has 2 aromatic rings. The molecule has 0 saturated heterocycles. The third kappa shape index (κ3) is 2.80. The average Bonchev–Trinajstić information content (AvgIpc) is 2.82. The normalized spacial score (nSPS) is 10.4. The van der Waals surface area contributed by atoms with Crippen LogP contribution >= 0.6 is 34.5 Å². The molecule has 1 amide bonds. The number of nitrogens with zero attached hydrogens (tertiary/aromatic N) is 2. The van der Waals surface area contributed by atoms with E-state index in [0.29, 0.717) is 4.88 Å². The van der Waals surface area contributed by atoms with Gasteiger partial charge in [-0.15, -0.1) is 11.3 Å². The fourth-order valence-corrected chi connectivity index (χ4v) is 2.56. The van der Waals surface area contributed by atoms with Gasteiger partial charge in [0.15, 0.2) is 10.3 Å². The van der Waals surface area contributed by atoms with E-state index in [1.807, 2.05) is 13.0 Å². The van der Waals surface area contributed by atoms with Crippen molar-refractivity contribution in [3.05, 3.63) is 38.5 Å². The van der Waals surface area contributed by atoms with Crippen LogP contribution in [0.25, 0.3) is 0 Å². The lowest BCUT2D eigenvalue weighted by molar-refractivity contribution is 0.103. The Labute approximate surface area is 118 Å². The van der Waals surface area contributed by atoms with Crippen molar-refractivity contribution >= 4 is 46.1 Å². The highest BCUT2D eigenvalue weighted by Gasteiger charge is 2.14. The van der Waals surface area contributed by atoms with E-state index in [4.69, 9.17) is 23.2 Å². The summed E-state index contributed by atoms with van der Waals surface area (Å²) in [6, 6.07) is 3.69. The summed E-state index contributed by atoms with van der Waals surface area (Å²) < 4.78 is 0. The van der Waals surface area contributed by atoms with Gasteiger partial charge in [0.2, 0.25) is 0 Å². The first-order valence-electron chi connectivity index (χ1n) is 5.18. The molecule has 0 aliphatic heterocycles. The van der Waals surface area contributed by atoms with E-state index >= 15 is 0 Å². The largest absolute Gasteiger partial charge is 0.316 e. The first-order chi connectivity index (χ1) is 8.61. The number of anilines is 1. The van der Waals surface area contributed by atoms with E-state index in [1.165, 1.54) is 17.7 Å². The average molecular weight is 302 g/mol. The second-order valence-electron chi connectivity index (χ2n) is 3.40. The van der Waals surface area contributed by atoms with Gasteiger partial charge in [-0.25, -0.2) is 9.97 Å². The summed E-state index contributed by atoms with van der Waals surface area (Å²) >= 11 is 13.1. The van der Waals surface area contributed by atoms with E-state index in [1.54, 1.807) is 6.07 Å². The zero-order chi connectivity index (χ0) is 13.1. The third-order valence-electron chi connectivity index (χ3n) is 2.23. The molecule has 0 aromatic carbocycles. The summed E-state index contributed by atoms with van der Waals surface area (Å²) in [6.45, 7) is 2.03. The molecule has 2 rings (SSSR count). The monoisotopic (exact) mass is 301 g/mol. The predicted molar refractivity (Wildman–Crippen MR) is 73.7 cm³/mol. The number of carbonyl (C=O) groups excluding carboxylic acids is 1. The van der Waals surface area contributed by atoms with Crippen molar-refractivity contribution in [1.82, 2.24) is 9.97 Å². The standard InChI is InChI=1S/C11H9Cl2N3OS/c1-2-6-3-4-7(18-6)11(17)16-8-9(12)14-5-15-10(8)13/h3-5H,2H2,1H3,(H,16,17).